The largest absolute Gasteiger partial charge is 0.492 e. The fourth-order valence-electron chi connectivity index (χ4n) is 2.71. The minimum absolute atomic E-state index is 0.741. The molecule has 0 spiro atoms. The van der Waals surface area contributed by atoms with Crippen molar-refractivity contribution in [1.82, 2.24) is 10.2 Å². The van der Waals surface area contributed by atoms with Crippen molar-refractivity contribution in [2.24, 2.45) is 0 Å². The molecule has 1 aliphatic heterocycles. The summed E-state index contributed by atoms with van der Waals surface area (Å²) in [6.07, 6.45) is 2.66. The van der Waals surface area contributed by atoms with Gasteiger partial charge in [-0.3, -0.25) is 4.90 Å². The summed E-state index contributed by atoms with van der Waals surface area (Å²) in [5.74, 6) is 2.30. The molecule has 3 nitrogen and oxygen atoms in total. The van der Waals surface area contributed by atoms with Crippen LogP contribution in [-0.2, 0) is 6.54 Å². The summed E-state index contributed by atoms with van der Waals surface area (Å²) >= 11 is 2.08. The molecule has 1 aromatic carbocycles. The molecule has 1 heterocycles. The van der Waals surface area contributed by atoms with Gasteiger partial charge in [0, 0.05) is 48.8 Å². The first-order valence-electron chi connectivity index (χ1n) is 8.09. The van der Waals surface area contributed by atoms with Gasteiger partial charge in [0.15, 0.2) is 0 Å². The summed E-state index contributed by atoms with van der Waals surface area (Å²) in [4.78, 5) is 2.52. The van der Waals surface area contributed by atoms with Crippen LogP contribution >= 0.6 is 11.8 Å². The smallest absolute Gasteiger partial charge is 0.123 e. The summed E-state index contributed by atoms with van der Waals surface area (Å²) in [6.45, 7) is 7.46. The highest BCUT2D eigenvalue weighted by molar-refractivity contribution is 7.99. The molecule has 1 unspecified atom stereocenters. The SMILES string of the molecule is CC1CN(CCOc2ccccc2CNC2CC2)CCS1. The van der Waals surface area contributed by atoms with Gasteiger partial charge in [0.25, 0.3) is 0 Å². The van der Waals surface area contributed by atoms with Gasteiger partial charge in [-0.15, -0.1) is 0 Å². The number of thioether (sulfide) groups is 1. The molecule has 0 radical (unpaired) electrons. The monoisotopic (exact) mass is 306 g/mol. The van der Waals surface area contributed by atoms with E-state index in [1.807, 2.05) is 0 Å². The predicted molar refractivity (Wildman–Crippen MR) is 90.2 cm³/mol. The van der Waals surface area contributed by atoms with Crippen LogP contribution in [0.5, 0.6) is 5.75 Å². The molecule has 0 bridgehead atoms. The van der Waals surface area contributed by atoms with E-state index in [0.717, 1.165) is 36.7 Å². The molecule has 1 saturated carbocycles. The number of nitrogens with one attached hydrogen (secondary N) is 1. The van der Waals surface area contributed by atoms with E-state index in [2.05, 4.69) is 53.2 Å². The molecule has 0 aromatic heterocycles. The van der Waals surface area contributed by atoms with Gasteiger partial charge in [0.1, 0.15) is 12.4 Å². The molecule has 0 amide bonds. The Morgan fingerprint density at radius 2 is 2.19 bits per heavy atom. The van der Waals surface area contributed by atoms with Crippen LogP contribution in [0.2, 0.25) is 0 Å². The van der Waals surface area contributed by atoms with Crippen molar-refractivity contribution < 1.29 is 4.74 Å². The fraction of sp³-hybridized carbons (Fsp3) is 0.647. The highest BCUT2D eigenvalue weighted by Crippen LogP contribution is 2.23. The van der Waals surface area contributed by atoms with Gasteiger partial charge in [0.05, 0.1) is 0 Å². The molecule has 21 heavy (non-hydrogen) atoms. The number of hydrogen-bond acceptors (Lipinski definition) is 4. The van der Waals surface area contributed by atoms with E-state index >= 15 is 0 Å². The Morgan fingerprint density at radius 1 is 1.33 bits per heavy atom. The lowest BCUT2D eigenvalue weighted by molar-refractivity contribution is 0.213. The second-order valence-electron chi connectivity index (χ2n) is 6.09. The van der Waals surface area contributed by atoms with E-state index in [9.17, 15) is 0 Å². The lowest BCUT2D eigenvalue weighted by Crippen LogP contribution is -2.39. The van der Waals surface area contributed by atoms with Crippen molar-refractivity contribution in [3.8, 4) is 5.75 Å². The zero-order valence-electron chi connectivity index (χ0n) is 12.9. The Balaban J connectivity index is 1.45. The molecular formula is C17H26N2OS. The highest BCUT2D eigenvalue weighted by atomic mass is 32.2. The van der Waals surface area contributed by atoms with Crippen LogP contribution in [0.1, 0.15) is 25.3 Å². The Labute approximate surface area is 132 Å². The summed E-state index contributed by atoms with van der Waals surface area (Å²) in [5.41, 5.74) is 1.28. The molecule has 1 aliphatic carbocycles. The highest BCUT2D eigenvalue weighted by Gasteiger charge is 2.20. The molecule has 2 fully saturated rings. The molecule has 2 aliphatic rings. The minimum atomic E-state index is 0.741. The first kappa shape index (κ1) is 15.2. The van der Waals surface area contributed by atoms with Crippen LogP contribution < -0.4 is 10.1 Å². The molecule has 1 saturated heterocycles. The normalized spacial score (nSPS) is 23.2. The van der Waals surface area contributed by atoms with Crippen molar-refractivity contribution in [2.75, 3.05) is 32.0 Å². The van der Waals surface area contributed by atoms with Crippen molar-refractivity contribution in [1.29, 1.82) is 0 Å². The molecule has 4 heteroatoms. The molecule has 1 atom stereocenters. The van der Waals surface area contributed by atoms with Crippen molar-refractivity contribution in [2.45, 2.75) is 37.6 Å². The first-order valence-corrected chi connectivity index (χ1v) is 9.14. The zero-order valence-corrected chi connectivity index (χ0v) is 13.7. The topological polar surface area (TPSA) is 24.5 Å². The molecular weight excluding hydrogens is 280 g/mol. The van der Waals surface area contributed by atoms with E-state index in [-0.39, 0.29) is 0 Å². The number of para-hydroxylation sites is 1. The summed E-state index contributed by atoms with van der Waals surface area (Å²) in [6, 6.07) is 9.17. The number of ether oxygens (including phenoxy) is 1. The van der Waals surface area contributed by atoms with E-state index in [1.165, 1.54) is 37.2 Å². The van der Waals surface area contributed by atoms with Gasteiger partial charge in [-0.05, 0) is 18.9 Å². The lowest BCUT2D eigenvalue weighted by atomic mass is 10.2. The van der Waals surface area contributed by atoms with Gasteiger partial charge in [0.2, 0.25) is 0 Å². The number of nitrogens with zero attached hydrogens (tertiary/aromatic N) is 1. The van der Waals surface area contributed by atoms with E-state index in [0.29, 0.717) is 0 Å². The maximum absolute atomic E-state index is 6.04. The Bertz CT molecular complexity index is 450. The maximum Gasteiger partial charge on any atom is 0.123 e. The minimum Gasteiger partial charge on any atom is -0.492 e. The predicted octanol–water partition coefficient (Wildman–Crippen LogP) is 2.75. The summed E-state index contributed by atoms with van der Waals surface area (Å²) in [5, 5.41) is 4.32. The average molecular weight is 306 g/mol. The number of benzene rings is 1. The van der Waals surface area contributed by atoms with Gasteiger partial charge in [-0.1, -0.05) is 25.1 Å². The summed E-state index contributed by atoms with van der Waals surface area (Å²) in [7, 11) is 0. The standard InChI is InChI=1S/C17H26N2OS/c1-14-13-19(9-11-21-14)8-10-20-17-5-3-2-4-15(17)12-18-16-6-7-16/h2-5,14,16,18H,6-13H2,1H3. The zero-order chi connectivity index (χ0) is 14.5. The third-order valence-electron chi connectivity index (χ3n) is 4.12. The van der Waals surface area contributed by atoms with Gasteiger partial charge >= 0.3 is 0 Å². The first-order chi connectivity index (χ1) is 10.3. The summed E-state index contributed by atoms with van der Waals surface area (Å²) < 4.78 is 6.04. The van der Waals surface area contributed by atoms with Crippen LogP contribution in [0.3, 0.4) is 0 Å². The van der Waals surface area contributed by atoms with Gasteiger partial charge < -0.3 is 10.1 Å². The molecule has 116 valence electrons. The van der Waals surface area contributed by atoms with Gasteiger partial charge in [-0.2, -0.15) is 11.8 Å². The van der Waals surface area contributed by atoms with Crippen LogP contribution in [0, 0.1) is 0 Å². The van der Waals surface area contributed by atoms with Crippen molar-refractivity contribution >= 4 is 11.8 Å². The number of rotatable bonds is 7. The van der Waals surface area contributed by atoms with Gasteiger partial charge in [-0.25, -0.2) is 0 Å². The second kappa shape index (κ2) is 7.52. The van der Waals surface area contributed by atoms with Crippen LogP contribution in [0.4, 0.5) is 0 Å². The fourth-order valence-corrected chi connectivity index (χ4v) is 3.79. The third-order valence-corrected chi connectivity index (χ3v) is 5.26. The lowest BCUT2D eigenvalue weighted by Gasteiger charge is -2.30. The van der Waals surface area contributed by atoms with Crippen molar-refractivity contribution in [3.63, 3.8) is 0 Å². The molecule has 3 rings (SSSR count). The Hall–Kier alpha value is -0.710. The van der Waals surface area contributed by atoms with Crippen LogP contribution in [0.25, 0.3) is 0 Å². The third kappa shape index (κ3) is 4.90. The Morgan fingerprint density at radius 3 is 3.00 bits per heavy atom. The van der Waals surface area contributed by atoms with Crippen molar-refractivity contribution in [3.05, 3.63) is 29.8 Å². The average Bonchev–Trinajstić information content (AvgIpc) is 3.31. The van der Waals surface area contributed by atoms with E-state index < -0.39 is 0 Å². The van der Waals surface area contributed by atoms with Crippen LogP contribution in [0.15, 0.2) is 24.3 Å². The maximum atomic E-state index is 6.04. The second-order valence-corrected chi connectivity index (χ2v) is 7.64. The number of hydrogen-bond donors (Lipinski definition) is 1. The van der Waals surface area contributed by atoms with E-state index in [1.54, 1.807) is 0 Å². The Kier molecular flexibility index (Phi) is 5.44. The molecule has 1 aromatic rings. The molecule has 1 N–H and O–H groups in total. The van der Waals surface area contributed by atoms with Crippen LogP contribution in [-0.4, -0.2) is 48.2 Å². The van der Waals surface area contributed by atoms with E-state index in [4.69, 9.17) is 4.74 Å². The quantitative estimate of drug-likeness (QED) is 0.837.